The Morgan fingerprint density at radius 3 is 2.34 bits per heavy atom. The number of rotatable bonds is 11. The van der Waals surface area contributed by atoms with Gasteiger partial charge in [0.1, 0.15) is 4.70 Å². The van der Waals surface area contributed by atoms with Gasteiger partial charge in [0, 0.05) is 44.0 Å². The van der Waals surface area contributed by atoms with Crippen molar-refractivity contribution in [2.75, 3.05) is 23.0 Å². The van der Waals surface area contributed by atoms with E-state index in [4.69, 9.17) is 11.6 Å². The predicted octanol–water partition coefficient (Wildman–Crippen LogP) is 2.01. The molecule has 1 aromatic heterocycles. The Hall–Kier alpha value is 0.696. The molecule has 2 heterocycles. The number of hydrogen-bond acceptors (Lipinski definition) is 9. The molecular weight excluding hydrogens is 730 g/mol. The number of anilines is 1. The molecule has 0 radical (unpaired) electrons. The van der Waals surface area contributed by atoms with E-state index in [0.717, 1.165) is 34.4 Å². The number of benzene rings is 2. The second-order valence-electron chi connectivity index (χ2n) is 8.49. The second-order valence-corrected chi connectivity index (χ2v) is 15.3. The molecule has 0 atom stereocenters. The summed E-state index contributed by atoms with van der Waals surface area (Å²) in [6, 6.07) is 11.8. The van der Waals surface area contributed by atoms with E-state index in [9.17, 15) is 25.9 Å². The Morgan fingerprint density at radius 2 is 1.66 bits per heavy atom. The Bertz CT molecular complexity index is 1560. The van der Waals surface area contributed by atoms with Gasteiger partial charge >= 0.3 is 51.4 Å². The molecule has 3 aromatic rings. The van der Waals surface area contributed by atoms with Gasteiger partial charge in [0.2, 0.25) is 5.52 Å². The number of hydrogen-bond donors (Lipinski definition) is 0. The van der Waals surface area contributed by atoms with Crippen molar-refractivity contribution in [3.63, 3.8) is 0 Å². The molecule has 0 saturated heterocycles. The molecule has 1 aliphatic rings. The van der Waals surface area contributed by atoms with Gasteiger partial charge in [0.05, 0.1) is 37.0 Å². The molecule has 0 amide bonds. The largest absolute Gasteiger partial charge is 1.00 e. The average molecular weight is 753 g/mol. The fourth-order valence-corrected chi connectivity index (χ4v) is 8.07. The van der Waals surface area contributed by atoms with Crippen molar-refractivity contribution in [2.24, 2.45) is 0 Å². The van der Waals surface area contributed by atoms with Crippen LogP contribution < -0.4 is 60.9 Å². The molecule has 1 aliphatic heterocycles. The Labute approximate surface area is 292 Å². The van der Waals surface area contributed by atoms with Crippen LogP contribution in [0.1, 0.15) is 30.7 Å². The van der Waals surface area contributed by atoms with Gasteiger partial charge in [-0.25, -0.2) is 16.8 Å². The molecule has 2 aromatic carbocycles. The summed E-state index contributed by atoms with van der Waals surface area (Å²) in [5, 5.41) is 2.50. The van der Waals surface area contributed by atoms with E-state index >= 15 is 0 Å². The van der Waals surface area contributed by atoms with E-state index in [-0.39, 0.29) is 70.0 Å². The minimum absolute atomic E-state index is 0. The van der Waals surface area contributed by atoms with E-state index in [0.29, 0.717) is 31.0 Å². The van der Waals surface area contributed by atoms with Crippen LogP contribution in [0.3, 0.4) is 0 Å². The van der Waals surface area contributed by atoms with Gasteiger partial charge in [-0.3, -0.25) is 0 Å². The summed E-state index contributed by atoms with van der Waals surface area (Å²) < 4.78 is 70.5. The molecule has 0 fully saturated rings. The zero-order chi connectivity index (χ0) is 26.8. The molecule has 0 spiro atoms. The van der Waals surface area contributed by atoms with Gasteiger partial charge in [0.15, 0.2) is 6.54 Å². The van der Waals surface area contributed by atoms with Crippen molar-refractivity contribution in [3.05, 3.63) is 55.0 Å². The molecule has 15 heteroatoms. The first-order valence-corrected chi connectivity index (χ1v) is 17.6. The predicted molar refractivity (Wildman–Crippen MR) is 155 cm³/mol. The van der Waals surface area contributed by atoms with Gasteiger partial charge < -0.3 is 14.0 Å². The number of nitrogens with zero attached hydrogens (tertiary/aromatic N) is 2. The van der Waals surface area contributed by atoms with Crippen LogP contribution in [0.5, 0.6) is 0 Å². The minimum Gasteiger partial charge on any atom is -0.748 e. The molecule has 0 saturated carbocycles. The van der Waals surface area contributed by atoms with Crippen LogP contribution in [-0.4, -0.2) is 44.0 Å². The average Bonchev–Trinajstić information content (AvgIpc) is 3.30. The maximum Gasteiger partial charge on any atom is 1.00 e. The fraction of sp³-hybridized carbons (Fsp3) is 0.348. The van der Waals surface area contributed by atoms with Crippen LogP contribution in [-0.2, 0) is 26.8 Å². The normalized spacial score (nSPS) is 14.7. The maximum atomic E-state index is 11.0. The van der Waals surface area contributed by atoms with E-state index in [1.807, 2.05) is 24.3 Å². The number of thioether (sulfide) groups is 1. The Balaban J connectivity index is 0.00000400. The number of fused-ring (bicyclic) bond motifs is 2. The Kier molecular flexibility index (Phi) is 12.4. The molecule has 0 unspecified atom stereocenters. The summed E-state index contributed by atoms with van der Waals surface area (Å²) in [4.78, 5) is 3.11. The van der Waals surface area contributed by atoms with Crippen molar-refractivity contribution < 1.29 is 81.9 Å². The summed E-state index contributed by atoms with van der Waals surface area (Å²) in [6.45, 7) is 1.07. The van der Waals surface area contributed by atoms with E-state index in [2.05, 4.69) is 50.3 Å². The van der Waals surface area contributed by atoms with Gasteiger partial charge in [-0.1, -0.05) is 34.7 Å². The molecule has 38 heavy (non-hydrogen) atoms. The number of thiazole rings is 1. The quantitative estimate of drug-likeness (QED) is 0.0960. The minimum atomic E-state index is -4.26. The molecule has 8 nitrogen and oxygen atoms in total. The van der Waals surface area contributed by atoms with Crippen molar-refractivity contribution >= 4 is 99.5 Å². The molecular formula is C23H23ClIKN2O6S4. The van der Waals surface area contributed by atoms with Crippen molar-refractivity contribution in [3.8, 4) is 0 Å². The van der Waals surface area contributed by atoms with Gasteiger partial charge in [0.25, 0.3) is 5.01 Å². The van der Waals surface area contributed by atoms with Crippen LogP contribution in [0.15, 0.2) is 46.3 Å². The zero-order valence-electron chi connectivity index (χ0n) is 20.4. The first-order chi connectivity index (χ1) is 17.4. The fourth-order valence-electron chi connectivity index (χ4n) is 4.03. The summed E-state index contributed by atoms with van der Waals surface area (Å²) in [5.74, 6) is -0.786. The topological polar surface area (TPSA) is 122 Å². The Morgan fingerprint density at radius 1 is 0.974 bits per heavy atom. The molecule has 200 valence electrons. The van der Waals surface area contributed by atoms with Crippen molar-refractivity contribution in [1.29, 1.82) is 0 Å². The zero-order valence-corrected chi connectivity index (χ0v) is 29.7. The van der Waals surface area contributed by atoms with Crippen LogP contribution in [0.2, 0.25) is 5.02 Å². The third-order valence-electron chi connectivity index (χ3n) is 5.68. The van der Waals surface area contributed by atoms with Crippen LogP contribution in [0, 0.1) is 3.57 Å². The summed E-state index contributed by atoms with van der Waals surface area (Å²) in [5.41, 5.74) is 1.96. The summed E-state index contributed by atoms with van der Waals surface area (Å²) in [7, 11) is -8.52. The SMILES string of the molecule is O=S(=O)([O-])CCCCN1C(=Cc2sc3ccc(I)cc3[n+]2CCCCS(=O)(=O)[O-])Sc2ccc(Cl)cc21.[K+]. The number of unbranched alkanes of at least 4 members (excludes halogenated alkanes) is 2. The third-order valence-corrected chi connectivity index (χ3v) is 10.4. The van der Waals surface area contributed by atoms with Gasteiger partial charge in [-0.15, -0.1) is 0 Å². The standard InChI is InChI=1S/C23H24ClIN2O6S4.K/c24-16-5-7-20-18(13-16)26(9-1-3-11-36(28,29)30)22(34-20)15-23-27(10-2-4-12-37(31,32)33)19-14-17(25)6-8-21(19)35-23;/h5-8,13-15H,1-4,9-12H2,(H-,28,29,30,31,32,33);/q;+1/p-1. The first-order valence-electron chi connectivity index (χ1n) is 11.4. The summed E-state index contributed by atoms with van der Waals surface area (Å²) >= 11 is 11.7. The third kappa shape index (κ3) is 9.36. The van der Waals surface area contributed by atoms with Crippen molar-refractivity contribution in [1.82, 2.24) is 0 Å². The van der Waals surface area contributed by atoms with Crippen LogP contribution in [0.25, 0.3) is 16.3 Å². The van der Waals surface area contributed by atoms with E-state index in [1.54, 1.807) is 23.1 Å². The number of halogens is 2. The smallest absolute Gasteiger partial charge is 0.748 e. The first kappa shape index (κ1) is 33.2. The molecule has 0 bridgehead atoms. The van der Waals surface area contributed by atoms with Gasteiger partial charge in [-0.2, -0.15) is 4.57 Å². The monoisotopic (exact) mass is 752 g/mol. The molecule has 0 aliphatic carbocycles. The summed E-state index contributed by atoms with van der Waals surface area (Å²) in [6.07, 6.45) is 3.67. The number of aromatic nitrogens is 1. The maximum absolute atomic E-state index is 11.0. The van der Waals surface area contributed by atoms with E-state index < -0.39 is 26.0 Å². The second kappa shape index (κ2) is 14.2. The van der Waals surface area contributed by atoms with Crippen LogP contribution >= 0.6 is 57.3 Å². The van der Waals surface area contributed by atoms with E-state index in [1.165, 1.54) is 0 Å². The van der Waals surface area contributed by atoms with Crippen molar-refractivity contribution in [2.45, 2.75) is 37.1 Å². The molecule has 4 rings (SSSR count). The van der Waals surface area contributed by atoms with Gasteiger partial charge in [-0.05, 0) is 72.2 Å². The number of aryl methyl sites for hydroxylation is 1. The molecule has 0 N–H and O–H groups in total. The van der Waals surface area contributed by atoms with Crippen LogP contribution in [0.4, 0.5) is 5.69 Å².